The molecule has 1 amide bonds. The van der Waals surface area contributed by atoms with Crippen LogP contribution in [0.5, 0.6) is 0 Å². The van der Waals surface area contributed by atoms with E-state index in [4.69, 9.17) is 0 Å². The van der Waals surface area contributed by atoms with Crippen molar-refractivity contribution < 1.29 is 4.79 Å². The van der Waals surface area contributed by atoms with Gasteiger partial charge in [0.2, 0.25) is 0 Å². The first-order chi connectivity index (χ1) is 8.99. The first-order valence-electron chi connectivity index (χ1n) is 5.23. The maximum atomic E-state index is 12.4. The van der Waals surface area contributed by atoms with Crippen LogP contribution in [-0.2, 0) is 6.54 Å². The van der Waals surface area contributed by atoms with Crippen molar-refractivity contribution in [3.8, 4) is 0 Å². The molecule has 0 spiro atoms. The number of aromatic nitrogens is 3. The molecular weight excluding hydrogens is 585 g/mol. The fourth-order valence-electron chi connectivity index (χ4n) is 1.52. The number of nitrogens with zero attached hydrogens (tertiary/aromatic N) is 3. The van der Waals surface area contributed by atoms with Crippen LogP contribution in [0.2, 0.25) is 0 Å². The monoisotopic (exact) mass is 594 g/mol. The van der Waals surface area contributed by atoms with E-state index < -0.39 is 0 Å². The lowest BCUT2D eigenvalue weighted by molar-refractivity contribution is 0.0780. The predicted octanol–water partition coefficient (Wildman–Crippen LogP) is 2.89. The summed E-state index contributed by atoms with van der Waals surface area (Å²) in [6.45, 7) is 0.414. The van der Waals surface area contributed by atoms with E-state index in [1.54, 1.807) is 11.9 Å². The van der Waals surface area contributed by atoms with Crippen LogP contribution >= 0.6 is 67.8 Å². The highest BCUT2D eigenvalue weighted by Gasteiger charge is 2.18. The molecule has 0 aliphatic heterocycles. The lowest BCUT2D eigenvalue weighted by Crippen LogP contribution is -2.27. The van der Waals surface area contributed by atoms with Crippen molar-refractivity contribution in [1.82, 2.24) is 20.1 Å². The third-order valence-electron chi connectivity index (χ3n) is 2.42. The van der Waals surface area contributed by atoms with Gasteiger partial charge >= 0.3 is 0 Å². The number of nitrogens with one attached hydrogen (secondary N) is 1. The third kappa shape index (κ3) is 3.77. The van der Waals surface area contributed by atoms with E-state index in [0.29, 0.717) is 12.4 Å². The second kappa shape index (κ2) is 6.65. The molecule has 2 rings (SSSR count). The molecular formula is C11H9I3N4O. The van der Waals surface area contributed by atoms with Gasteiger partial charge in [0.1, 0.15) is 12.2 Å². The Labute approximate surface area is 151 Å². The Morgan fingerprint density at radius 3 is 2.74 bits per heavy atom. The Bertz CT molecular complexity index is 600. The van der Waals surface area contributed by atoms with Gasteiger partial charge in [0, 0.05) is 17.8 Å². The topological polar surface area (TPSA) is 61.9 Å². The van der Waals surface area contributed by atoms with Gasteiger partial charge in [0.15, 0.2) is 0 Å². The summed E-state index contributed by atoms with van der Waals surface area (Å²) in [5.74, 6) is 0.656. The zero-order valence-corrected chi connectivity index (χ0v) is 16.3. The van der Waals surface area contributed by atoms with Crippen molar-refractivity contribution in [3.63, 3.8) is 0 Å². The molecule has 0 radical (unpaired) electrons. The van der Waals surface area contributed by atoms with Crippen LogP contribution in [0.15, 0.2) is 18.5 Å². The van der Waals surface area contributed by atoms with Crippen LogP contribution in [0.1, 0.15) is 16.2 Å². The Balaban J connectivity index is 2.24. The van der Waals surface area contributed by atoms with Gasteiger partial charge in [-0.3, -0.25) is 9.89 Å². The molecule has 0 aliphatic rings. The quantitative estimate of drug-likeness (QED) is 0.440. The van der Waals surface area contributed by atoms with E-state index >= 15 is 0 Å². The maximum Gasteiger partial charge on any atom is 0.255 e. The van der Waals surface area contributed by atoms with Crippen molar-refractivity contribution in [1.29, 1.82) is 0 Å². The molecule has 0 unspecified atom stereocenters. The summed E-state index contributed by atoms with van der Waals surface area (Å²) in [5.41, 5.74) is 0.721. The highest BCUT2D eigenvalue weighted by atomic mass is 127. The van der Waals surface area contributed by atoms with Gasteiger partial charge < -0.3 is 4.90 Å². The summed E-state index contributed by atoms with van der Waals surface area (Å²) in [6, 6.07) is 3.96. The molecule has 0 bridgehead atoms. The first kappa shape index (κ1) is 15.4. The van der Waals surface area contributed by atoms with Gasteiger partial charge in [-0.1, -0.05) is 0 Å². The van der Waals surface area contributed by atoms with Crippen LogP contribution in [0, 0.1) is 10.7 Å². The fourth-order valence-corrected chi connectivity index (χ4v) is 3.91. The van der Waals surface area contributed by atoms with Crippen LogP contribution in [-0.4, -0.2) is 33.0 Å². The number of hydrogen-bond donors (Lipinski definition) is 1. The zero-order valence-electron chi connectivity index (χ0n) is 9.82. The molecule has 8 heteroatoms. The number of aromatic amines is 1. The van der Waals surface area contributed by atoms with E-state index in [2.05, 4.69) is 89.0 Å². The van der Waals surface area contributed by atoms with Crippen molar-refractivity contribution in [2.24, 2.45) is 0 Å². The summed E-state index contributed by atoms with van der Waals surface area (Å²) >= 11 is 6.67. The second-order valence-electron chi connectivity index (χ2n) is 3.84. The molecule has 1 N–H and O–H groups in total. The van der Waals surface area contributed by atoms with E-state index in [1.165, 1.54) is 6.33 Å². The SMILES string of the molecule is CN(Cc1ncn[nH]1)C(=O)c1cc(I)cc(I)c1I. The average Bonchev–Trinajstić information content (AvgIpc) is 2.85. The first-order valence-corrected chi connectivity index (χ1v) is 8.47. The van der Waals surface area contributed by atoms with E-state index in [0.717, 1.165) is 16.3 Å². The Hall–Kier alpha value is 0.0200. The van der Waals surface area contributed by atoms with E-state index in [-0.39, 0.29) is 5.91 Å². The van der Waals surface area contributed by atoms with Gasteiger partial charge in [-0.15, -0.1) is 0 Å². The molecule has 0 aliphatic carbocycles. The van der Waals surface area contributed by atoms with Crippen molar-refractivity contribution >= 4 is 73.7 Å². The highest BCUT2D eigenvalue weighted by Crippen LogP contribution is 2.24. The normalized spacial score (nSPS) is 10.5. The van der Waals surface area contributed by atoms with Gasteiger partial charge in [0.05, 0.1) is 12.1 Å². The minimum absolute atomic E-state index is 0.0165. The van der Waals surface area contributed by atoms with Gasteiger partial charge in [-0.05, 0) is 79.9 Å². The number of benzene rings is 1. The molecule has 5 nitrogen and oxygen atoms in total. The summed E-state index contributed by atoms with van der Waals surface area (Å²) in [5, 5.41) is 6.53. The number of carbonyl (C=O) groups is 1. The van der Waals surface area contributed by atoms with Gasteiger partial charge in [-0.25, -0.2) is 4.98 Å². The minimum Gasteiger partial charge on any atom is -0.334 e. The van der Waals surface area contributed by atoms with Gasteiger partial charge in [0.25, 0.3) is 5.91 Å². The van der Waals surface area contributed by atoms with Crippen LogP contribution in [0.25, 0.3) is 0 Å². The molecule has 2 aromatic rings. The predicted molar refractivity (Wildman–Crippen MR) is 96.8 cm³/mol. The number of rotatable bonds is 3. The van der Waals surface area contributed by atoms with Crippen molar-refractivity contribution in [3.05, 3.63) is 40.6 Å². The van der Waals surface area contributed by atoms with Crippen molar-refractivity contribution in [2.45, 2.75) is 6.54 Å². The molecule has 1 aromatic carbocycles. The lowest BCUT2D eigenvalue weighted by Gasteiger charge is -2.17. The Morgan fingerprint density at radius 2 is 2.11 bits per heavy atom. The lowest BCUT2D eigenvalue weighted by atomic mass is 10.2. The Kier molecular flexibility index (Phi) is 5.39. The highest BCUT2D eigenvalue weighted by molar-refractivity contribution is 14.1. The van der Waals surface area contributed by atoms with Gasteiger partial charge in [-0.2, -0.15) is 5.10 Å². The molecule has 1 heterocycles. The zero-order chi connectivity index (χ0) is 14.0. The molecule has 0 saturated carbocycles. The summed E-state index contributed by atoms with van der Waals surface area (Å²) in [7, 11) is 1.76. The second-order valence-corrected chi connectivity index (χ2v) is 7.33. The number of H-pyrrole nitrogens is 1. The van der Waals surface area contributed by atoms with Crippen LogP contribution < -0.4 is 0 Å². The fraction of sp³-hybridized carbons (Fsp3) is 0.182. The Morgan fingerprint density at radius 1 is 1.37 bits per heavy atom. The molecule has 0 saturated heterocycles. The van der Waals surface area contributed by atoms with E-state index in [9.17, 15) is 4.79 Å². The maximum absolute atomic E-state index is 12.4. The number of amides is 1. The smallest absolute Gasteiger partial charge is 0.255 e. The minimum atomic E-state index is -0.0165. The summed E-state index contributed by atoms with van der Waals surface area (Å²) in [6.07, 6.45) is 1.44. The van der Waals surface area contributed by atoms with E-state index in [1.807, 2.05) is 6.07 Å². The summed E-state index contributed by atoms with van der Waals surface area (Å²) in [4.78, 5) is 18.1. The molecule has 1 aromatic heterocycles. The molecule has 100 valence electrons. The number of carbonyl (C=O) groups excluding carboxylic acids is 1. The third-order valence-corrected chi connectivity index (χ3v) is 6.09. The largest absolute Gasteiger partial charge is 0.334 e. The van der Waals surface area contributed by atoms with Crippen molar-refractivity contribution in [2.75, 3.05) is 7.05 Å². The van der Waals surface area contributed by atoms with Crippen LogP contribution in [0.4, 0.5) is 0 Å². The number of halogens is 3. The molecule has 0 atom stereocenters. The standard InChI is InChI=1S/C11H9I3N4O/c1-18(4-9-15-5-16-17-9)11(19)7-2-6(12)3-8(13)10(7)14/h2-3,5H,4H2,1H3,(H,15,16,17). The summed E-state index contributed by atoms with van der Waals surface area (Å²) < 4.78 is 3.12. The molecule has 0 fully saturated rings. The van der Waals surface area contributed by atoms with Crippen LogP contribution in [0.3, 0.4) is 0 Å². The molecule has 19 heavy (non-hydrogen) atoms. The number of hydrogen-bond acceptors (Lipinski definition) is 3. The average molecular weight is 594 g/mol.